The summed E-state index contributed by atoms with van der Waals surface area (Å²) in [6.45, 7) is 4.17. The van der Waals surface area contributed by atoms with E-state index in [4.69, 9.17) is 5.73 Å². The molecule has 116 valence electrons. The molecule has 0 aliphatic rings. The second-order valence-corrected chi connectivity index (χ2v) is 8.22. The predicted molar refractivity (Wildman–Crippen MR) is 98.8 cm³/mol. The van der Waals surface area contributed by atoms with Gasteiger partial charge in [-0.15, -0.1) is 27.8 Å². The summed E-state index contributed by atoms with van der Waals surface area (Å²) >= 11 is 7.13. The van der Waals surface area contributed by atoms with Crippen LogP contribution in [-0.2, 0) is 6.42 Å². The maximum atomic E-state index is 5.93. The molecular weight excluding hydrogens is 380 g/mol. The Morgan fingerprint density at radius 2 is 2.23 bits per heavy atom. The molecule has 0 aliphatic carbocycles. The molecule has 3 heterocycles. The number of nitrogens with one attached hydrogen (secondary N) is 1. The highest BCUT2D eigenvalue weighted by atomic mass is 79.9. The molecular formula is C15H17BrN4S2. The third kappa shape index (κ3) is 3.17. The van der Waals surface area contributed by atoms with Crippen molar-refractivity contribution >= 4 is 54.5 Å². The summed E-state index contributed by atoms with van der Waals surface area (Å²) in [6, 6.07) is 4.57. The van der Waals surface area contributed by atoms with Gasteiger partial charge in [0.15, 0.2) is 0 Å². The van der Waals surface area contributed by atoms with Crippen LogP contribution in [0.3, 0.4) is 0 Å². The molecule has 0 amide bonds. The van der Waals surface area contributed by atoms with E-state index in [9.17, 15) is 0 Å². The highest BCUT2D eigenvalue weighted by molar-refractivity contribution is 9.10. The van der Waals surface area contributed by atoms with Crippen LogP contribution in [0.25, 0.3) is 10.2 Å². The SMILES string of the molecule is C[C@H](N)Cc1sc2c(N[C@@H](C)c3cccs3)cnnc2c1Br. The van der Waals surface area contributed by atoms with Gasteiger partial charge in [-0.05, 0) is 47.6 Å². The molecule has 3 aromatic heterocycles. The Balaban J connectivity index is 1.96. The van der Waals surface area contributed by atoms with Crippen molar-refractivity contribution in [1.82, 2.24) is 10.2 Å². The van der Waals surface area contributed by atoms with Gasteiger partial charge in [0.2, 0.25) is 0 Å². The van der Waals surface area contributed by atoms with E-state index in [2.05, 4.69) is 55.9 Å². The van der Waals surface area contributed by atoms with Gasteiger partial charge in [0.1, 0.15) is 5.52 Å². The molecule has 0 radical (unpaired) electrons. The number of nitrogens with zero attached hydrogens (tertiary/aromatic N) is 2. The molecule has 0 saturated heterocycles. The first-order chi connectivity index (χ1) is 10.6. The Labute approximate surface area is 145 Å². The van der Waals surface area contributed by atoms with Crippen LogP contribution in [0.4, 0.5) is 5.69 Å². The van der Waals surface area contributed by atoms with Crippen molar-refractivity contribution < 1.29 is 0 Å². The van der Waals surface area contributed by atoms with E-state index in [1.165, 1.54) is 9.75 Å². The van der Waals surface area contributed by atoms with Crippen molar-refractivity contribution in [1.29, 1.82) is 0 Å². The van der Waals surface area contributed by atoms with Crippen LogP contribution in [0.2, 0.25) is 0 Å². The van der Waals surface area contributed by atoms with Gasteiger partial charge < -0.3 is 11.1 Å². The highest BCUT2D eigenvalue weighted by Gasteiger charge is 2.17. The van der Waals surface area contributed by atoms with Crippen molar-refractivity contribution in [2.75, 3.05) is 5.32 Å². The van der Waals surface area contributed by atoms with E-state index < -0.39 is 0 Å². The monoisotopic (exact) mass is 396 g/mol. The first-order valence-corrected chi connectivity index (χ1v) is 9.53. The lowest BCUT2D eigenvalue weighted by Crippen LogP contribution is -2.17. The number of hydrogen-bond donors (Lipinski definition) is 2. The first-order valence-electron chi connectivity index (χ1n) is 7.04. The molecule has 3 N–H and O–H groups in total. The summed E-state index contributed by atoms with van der Waals surface area (Å²) in [5.41, 5.74) is 7.86. The number of aromatic nitrogens is 2. The van der Waals surface area contributed by atoms with Crippen molar-refractivity contribution in [3.05, 3.63) is 37.9 Å². The summed E-state index contributed by atoms with van der Waals surface area (Å²) in [6.07, 6.45) is 2.63. The topological polar surface area (TPSA) is 63.8 Å². The quantitative estimate of drug-likeness (QED) is 0.662. The molecule has 2 atom stereocenters. The van der Waals surface area contributed by atoms with Crippen LogP contribution in [0.5, 0.6) is 0 Å². The van der Waals surface area contributed by atoms with Crippen molar-refractivity contribution in [3.63, 3.8) is 0 Å². The fourth-order valence-corrected chi connectivity index (χ4v) is 5.08. The molecule has 0 unspecified atom stereocenters. The Morgan fingerprint density at radius 1 is 1.41 bits per heavy atom. The second-order valence-electron chi connectivity index (χ2n) is 5.34. The van der Waals surface area contributed by atoms with E-state index in [1.807, 2.05) is 6.92 Å². The summed E-state index contributed by atoms with van der Waals surface area (Å²) < 4.78 is 2.14. The lowest BCUT2D eigenvalue weighted by Gasteiger charge is -2.13. The average molecular weight is 397 g/mol. The standard InChI is InChI=1S/C15H17BrN4S2/c1-8(17)6-12-13(16)14-15(22-12)10(7-18-20-14)19-9(2)11-4-3-5-21-11/h3-5,7-9H,6,17H2,1-2H3,(H,19,20)/t8-,9-/m0/s1. The van der Waals surface area contributed by atoms with Crippen LogP contribution >= 0.6 is 38.6 Å². The molecule has 0 bridgehead atoms. The zero-order valence-corrected chi connectivity index (χ0v) is 15.6. The third-order valence-corrected chi connectivity index (χ3v) is 6.74. The molecule has 22 heavy (non-hydrogen) atoms. The molecule has 0 aromatic carbocycles. The summed E-state index contributed by atoms with van der Waals surface area (Å²) in [7, 11) is 0. The highest BCUT2D eigenvalue weighted by Crippen LogP contribution is 2.39. The van der Waals surface area contributed by atoms with E-state index in [-0.39, 0.29) is 12.1 Å². The number of thiophene rings is 2. The normalized spacial score (nSPS) is 14.2. The molecule has 3 rings (SSSR count). The lowest BCUT2D eigenvalue weighted by atomic mass is 10.2. The Kier molecular flexibility index (Phi) is 4.77. The fraction of sp³-hybridized carbons (Fsp3) is 0.333. The number of nitrogens with two attached hydrogens (primary N) is 1. The second kappa shape index (κ2) is 6.62. The number of hydrogen-bond acceptors (Lipinski definition) is 6. The van der Waals surface area contributed by atoms with Crippen molar-refractivity contribution in [2.45, 2.75) is 32.4 Å². The molecule has 3 aromatic rings. The van der Waals surface area contributed by atoms with E-state index in [0.717, 1.165) is 26.8 Å². The number of halogens is 1. The first kappa shape index (κ1) is 15.9. The van der Waals surface area contributed by atoms with Gasteiger partial charge in [-0.3, -0.25) is 0 Å². The minimum Gasteiger partial charge on any atom is -0.375 e. The number of fused-ring (bicyclic) bond motifs is 1. The predicted octanol–water partition coefficient (Wildman–Crippen LogP) is 4.58. The average Bonchev–Trinajstić information content (AvgIpc) is 3.09. The smallest absolute Gasteiger partial charge is 0.120 e. The lowest BCUT2D eigenvalue weighted by molar-refractivity contribution is 0.745. The largest absolute Gasteiger partial charge is 0.375 e. The van der Waals surface area contributed by atoms with Crippen LogP contribution in [0, 0.1) is 0 Å². The third-order valence-electron chi connectivity index (χ3n) is 3.33. The van der Waals surface area contributed by atoms with Crippen LogP contribution in [-0.4, -0.2) is 16.2 Å². The van der Waals surface area contributed by atoms with Crippen LogP contribution < -0.4 is 11.1 Å². The maximum Gasteiger partial charge on any atom is 0.120 e. The van der Waals surface area contributed by atoms with Gasteiger partial charge in [-0.2, -0.15) is 5.10 Å². The van der Waals surface area contributed by atoms with Gasteiger partial charge in [0.25, 0.3) is 0 Å². The van der Waals surface area contributed by atoms with Crippen molar-refractivity contribution in [2.24, 2.45) is 5.73 Å². The van der Waals surface area contributed by atoms with Gasteiger partial charge >= 0.3 is 0 Å². The van der Waals surface area contributed by atoms with Crippen LogP contribution in [0.15, 0.2) is 28.2 Å². The van der Waals surface area contributed by atoms with Crippen LogP contribution in [0.1, 0.15) is 29.6 Å². The van der Waals surface area contributed by atoms with Gasteiger partial charge in [-0.1, -0.05) is 6.07 Å². The Morgan fingerprint density at radius 3 is 2.91 bits per heavy atom. The van der Waals surface area contributed by atoms with Gasteiger partial charge in [0.05, 0.1) is 27.1 Å². The fourth-order valence-electron chi connectivity index (χ4n) is 2.29. The van der Waals surface area contributed by atoms with E-state index >= 15 is 0 Å². The molecule has 0 spiro atoms. The Bertz CT molecular complexity index is 767. The minimum atomic E-state index is 0.124. The minimum absolute atomic E-state index is 0.124. The summed E-state index contributed by atoms with van der Waals surface area (Å²) in [4.78, 5) is 2.52. The molecule has 4 nitrogen and oxygen atoms in total. The number of rotatable bonds is 5. The molecule has 0 saturated carbocycles. The zero-order chi connectivity index (χ0) is 15.7. The maximum absolute atomic E-state index is 5.93. The van der Waals surface area contributed by atoms with Crippen molar-refractivity contribution in [3.8, 4) is 0 Å². The molecule has 0 fully saturated rings. The zero-order valence-electron chi connectivity index (χ0n) is 12.3. The van der Waals surface area contributed by atoms with E-state index in [1.54, 1.807) is 28.9 Å². The molecule has 7 heteroatoms. The summed E-state index contributed by atoms with van der Waals surface area (Å²) in [5.74, 6) is 0. The Hall–Kier alpha value is -1.02. The van der Waals surface area contributed by atoms with Gasteiger partial charge in [0, 0.05) is 15.8 Å². The number of anilines is 1. The molecule has 0 aliphatic heterocycles. The van der Waals surface area contributed by atoms with Gasteiger partial charge in [-0.25, -0.2) is 0 Å². The summed E-state index contributed by atoms with van der Waals surface area (Å²) in [5, 5.41) is 14.1. The van der Waals surface area contributed by atoms with E-state index in [0.29, 0.717) is 0 Å².